The van der Waals surface area contributed by atoms with Crippen LogP contribution in [0.1, 0.15) is 0 Å². The summed E-state index contributed by atoms with van der Waals surface area (Å²) in [4.78, 5) is 0. The van der Waals surface area contributed by atoms with E-state index in [0.29, 0.717) is 12.5 Å². The lowest BCUT2D eigenvalue weighted by atomic mass is 9.85. The van der Waals surface area contributed by atoms with Crippen LogP contribution in [0.5, 0.6) is 0 Å². The van der Waals surface area contributed by atoms with Gasteiger partial charge in [0.2, 0.25) is 0 Å². The highest BCUT2D eigenvalue weighted by molar-refractivity contribution is 5.16. The minimum Gasteiger partial charge on any atom is -0.368 e. The molecule has 0 spiro atoms. The largest absolute Gasteiger partial charge is 0.368 e. The van der Waals surface area contributed by atoms with E-state index in [9.17, 15) is 5.11 Å². The molecule has 2 saturated heterocycles. The first-order valence-electron chi connectivity index (χ1n) is 4.00. The van der Waals surface area contributed by atoms with E-state index in [1.165, 1.54) is 0 Å². The van der Waals surface area contributed by atoms with Gasteiger partial charge in [0.15, 0.2) is 6.29 Å². The van der Waals surface area contributed by atoms with E-state index >= 15 is 0 Å². The molecular formula is C8H10O3. The molecular weight excluding hydrogens is 144 g/mol. The Morgan fingerprint density at radius 3 is 2.91 bits per heavy atom. The standard InChI is InChI=1S/C8H10O3/c9-8-7-4(3-10-8)5-1-2-6(7)11-5/h1-2,4-9H,3H2/t4-,5-,6+,7-,8+/m0/s1. The Hall–Kier alpha value is -0.380. The number of aliphatic hydroxyl groups excluding tert-OH is 1. The van der Waals surface area contributed by atoms with Crippen molar-refractivity contribution in [3.8, 4) is 0 Å². The van der Waals surface area contributed by atoms with Gasteiger partial charge in [-0.15, -0.1) is 0 Å². The second kappa shape index (κ2) is 1.86. The van der Waals surface area contributed by atoms with Crippen molar-refractivity contribution in [2.75, 3.05) is 6.61 Å². The van der Waals surface area contributed by atoms with E-state index in [-0.39, 0.29) is 18.1 Å². The van der Waals surface area contributed by atoms with Crippen molar-refractivity contribution in [3.63, 3.8) is 0 Å². The van der Waals surface area contributed by atoms with Crippen LogP contribution in [0.25, 0.3) is 0 Å². The molecule has 0 aliphatic carbocycles. The average Bonchev–Trinajstić information content (AvgIpc) is 2.60. The lowest BCUT2D eigenvalue weighted by Gasteiger charge is -2.16. The molecule has 1 N–H and O–H groups in total. The normalized spacial score (nSPS) is 58.8. The van der Waals surface area contributed by atoms with Crippen molar-refractivity contribution in [2.45, 2.75) is 18.5 Å². The Bertz CT molecular complexity index is 213. The third-order valence-electron chi connectivity index (χ3n) is 2.89. The maximum Gasteiger partial charge on any atom is 0.160 e. The number of aliphatic hydroxyl groups is 1. The summed E-state index contributed by atoms with van der Waals surface area (Å²) >= 11 is 0. The number of ether oxygens (including phenoxy) is 2. The second-order valence-electron chi connectivity index (χ2n) is 3.42. The molecule has 3 nitrogen and oxygen atoms in total. The maximum absolute atomic E-state index is 9.39. The van der Waals surface area contributed by atoms with Gasteiger partial charge in [0, 0.05) is 11.8 Å². The Labute approximate surface area is 64.6 Å². The Kier molecular flexibility index (Phi) is 1.04. The summed E-state index contributed by atoms with van der Waals surface area (Å²) in [6.07, 6.45) is 3.83. The van der Waals surface area contributed by atoms with Crippen molar-refractivity contribution in [2.24, 2.45) is 11.8 Å². The maximum atomic E-state index is 9.39. The van der Waals surface area contributed by atoms with Gasteiger partial charge in [0.05, 0.1) is 18.8 Å². The number of hydrogen-bond donors (Lipinski definition) is 1. The van der Waals surface area contributed by atoms with Gasteiger partial charge in [-0.2, -0.15) is 0 Å². The first-order chi connectivity index (χ1) is 5.36. The highest BCUT2D eigenvalue weighted by atomic mass is 16.6. The zero-order valence-corrected chi connectivity index (χ0v) is 6.01. The van der Waals surface area contributed by atoms with Crippen molar-refractivity contribution in [1.82, 2.24) is 0 Å². The van der Waals surface area contributed by atoms with Gasteiger partial charge < -0.3 is 14.6 Å². The molecule has 3 aliphatic heterocycles. The van der Waals surface area contributed by atoms with Crippen LogP contribution >= 0.6 is 0 Å². The summed E-state index contributed by atoms with van der Waals surface area (Å²) in [6, 6.07) is 0. The summed E-state index contributed by atoms with van der Waals surface area (Å²) in [5, 5.41) is 9.39. The van der Waals surface area contributed by atoms with E-state index in [1.807, 2.05) is 6.08 Å². The van der Waals surface area contributed by atoms with E-state index in [0.717, 1.165) is 0 Å². The molecule has 3 aliphatic rings. The van der Waals surface area contributed by atoms with Crippen LogP contribution < -0.4 is 0 Å². The molecule has 0 aromatic rings. The highest BCUT2D eigenvalue weighted by Crippen LogP contribution is 2.44. The molecule has 0 aromatic heterocycles. The first-order valence-corrected chi connectivity index (χ1v) is 4.00. The summed E-state index contributed by atoms with van der Waals surface area (Å²) in [6.45, 7) is 0.650. The first kappa shape index (κ1) is 6.17. The van der Waals surface area contributed by atoms with E-state index < -0.39 is 6.29 Å². The fourth-order valence-corrected chi connectivity index (χ4v) is 2.32. The molecule has 0 unspecified atom stereocenters. The Morgan fingerprint density at radius 2 is 2.09 bits per heavy atom. The predicted octanol–water partition coefficient (Wildman–Crippen LogP) is -0.0954. The van der Waals surface area contributed by atoms with Crippen molar-refractivity contribution in [3.05, 3.63) is 12.2 Å². The molecule has 11 heavy (non-hydrogen) atoms. The summed E-state index contributed by atoms with van der Waals surface area (Å²) in [5.41, 5.74) is 0. The number of hydrogen-bond acceptors (Lipinski definition) is 3. The van der Waals surface area contributed by atoms with Crippen LogP contribution in [-0.2, 0) is 9.47 Å². The second-order valence-corrected chi connectivity index (χ2v) is 3.42. The molecule has 3 rings (SSSR count). The van der Waals surface area contributed by atoms with Crippen LogP contribution in [0, 0.1) is 11.8 Å². The van der Waals surface area contributed by atoms with Crippen molar-refractivity contribution in [1.29, 1.82) is 0 Å². The molecule has 2 bridgehead atoms. The molecule has 3 heteroatoms. The Morgan fingerprint density at radius 1 is 1.27 bits per heavy atom. The lowest BCUT2D eigenvalue weighted by Crippen LogP contribution is -2.27. The fourth-order valence-electron chi connectivity index (χ4n) is 2.32. The van der Waals surface area contributed by atoms with Gasteiger partial charge in [-0.3, -0.25) is 0 Å². The van der Waals surface area contributed by atoms with Gasteiger partial charge in [-0.25, -0.2) is 0 Å². The fraction of sp³-hybridized carbons (Fsp3) is 0.750. The monoisotopic (exact) mass is 154 g/mol. The Balaban J connectivity index is 1.97. The zero-order chi connectivity index (χ0) is 7.42. The molecule has 60 valence electrons. The van der Waals surface area contributed by atoms with Crippen molar-refractivity contribution < 1.29 is 14.6 Å². The molecule has 5 atom stereocenters. The van der Waals surface area contributed by atoms with Gasteiger partial charge in [0.25, 0.3) is 0 Å². The van der Waals surface area contributed by atoms with Gasteiger partial charge in [0.1, 0.15) is 0 Å². The molecule has 0 saturated carbocycles. The SMILES string of the molecule is O[C@@H]1OC[C@@H]2[C@H]1[C@H]1C=C[C@@H]2O1. The van der Waals surface area contributed by atoms with Crippen LogP contribution in [0.15, 0.2) is 12.2 Å². The molecule has 0 radical (unpaired) electrons. The van der Waals surface area contributed by atoms with E-state index in [1.54, 1.807) is 0 Å². The summed E-state index contributed by atoms with van der Waals surface area (Å²) in [7, 11) is 0. The van der Waals surface area contributed by atoms with Gasteiger partial charge in [-0.1, -0.05) is 12.2 Å². The minimum absolute atomic E-state index is 0.113. The van der Waals surface area contributed by atoms with Crippen LogP contribution in [0.2, 0.25) is 0 Å². The predicted molar refractivity (Wildman–Crippen MR) is 36.7 cm³/mol. The number of fused-ring (bicyclic) bond motifs is 5. The quantitative estimate of drug-likeness (QED) is 0.495. The molecule has 3 heterocycles. The van der Waals surface area contributed by atoms with Crippen LogP contribution in [0.4, 0.5) is 0 Å². The molecule has 0 amide bonds. The van der Waals surface area contributed by atoms with Crippen molar-refractivity contribution >= 4 is 0 Å². The summed E-state index contributed by atoms with van der Waals surface area (Å²) < 4.78 is 10.7. The zero-order valence-electron chi connectivity index (χ0n) is 6.01. The molecule has 2 fully saturated rings. The van der Waals surface area contributed by atoms with Crippen LogP contribution in [0.3, 0.4) is 0 Å². The van der Waals surface area contributed by atoms with Crippen LogP contribution in [-0.4, -0.2) is 30.2 Å². The lowest BCUT2D eigenvalue weighted by molar-refractivity contribution is -0.102. The smallest absolute Gasteiger partial charge is 0.160 e. The van der Waals surface area contributed by atoms with Gasteiger partial charge in [-0.05, 0) is 0 Å². The number of rotatable bonds is 0. The van der Waals surface area contributed by atoms with E-state index in [4.69, 9.17) is 9.47 Å². The average molecular weight is 154 g/mol. The van der Waals surface area contributed by atoms with E-state index in [2.05, 4.69) is 6.08 Å². The molecule has 0 aromatic carbocycles. The third-order valence-corrected chi connectivity index (χ3v) is 2.89. The highest BCUT2D eigenvalue weighted by Gasteiger charge is 2.53. The minimum atomic E-state index is -0.597. The topological polar surface area (TPSA) is 38.7 Å². The van der Waals surface area contributed by atoms with Gasteiger partial charge >= 0.3 is 0 Å². The third kappa shape index (κ3) is 0.637. The summed E-state index contributed by atoms with van der Waals surface area (Å²) in [5.74, 6) is 0.602.